The van der Waals surface area contributed by atoms with Crippen molar-refractivity contribution >= 4 is 39.3 Å². The van der Waals surface area contributed by atoms with Crippen LogP contribution in [0, 0.1) is 25.2 Å². The first-order chi connectivity index (χ1) is 17.4. The Morgan fingerprint density at radius 2 is 1.67 bits per heavy atom. The summed E-state index contributed by atoms with van der Waals surface area (Å²) in [7, 11) is 1.62. The minimum Gasteiger partial charge on any atom is -0.497 e. The Morgan fingerprint density at radius 3 is 2.31 bits per heavy atom. The van der Waals surface area contributed by atoms with Gasteiger partial charge < -0.3 is 10.1 Å². The largest absolute Gasteiger partial charge is 0.497 e. The predicted molar refractivity (Wildman–Crippen MR) is 149 cm³/mol. The third-order valence-corrected chi connectivity index (χ3v) is 7.22. The van der Waals surface area contributed by atoms with Gasteiger partial charge in [-0.05, 0) is 71.2 Å². The van der Waals surface area contributed by atoms with Crippen LogP contribution in [0.2, 0.25) is 0 Å². The third-order valence-electron chi connectivity index (χ3n) is 5.59. The molecule has 3 aromatic carbocycles. The number of hydrogen-bond donors (Lipinski definition) is 1. The van der Waals surface area contributed by atoms with Crippen LogP contribution in [0.15, 0.2) is 82.3 Å². The van der Waals surface area contributed by atoms with Crippen molar-refractivity contribution in [2.24, 2.45) is 0 Å². The van der Waals surface area contributed by atoms with Gasteiger partial charge in [0.25, 0.3) is 0 Å². The second kappa shape index (κ2) is 11.4. The van der Waals surface area contributed by atoms with Gasteiger partial charge in [-0.15, -0.1) is 0 Å². The number of rotatable bonds is 7. The number of nitrogens with one attached hydrogen (secondary N) is 1. The number of aryl methyl sites for hydroxylation is 2. The molecule has 4 aromatic rings. The molecule has 1 aromatic heterocycles. The number of aromatic nitrogens is 1. The fraction of sp³-hybridized carbons (Fsp3) is 0.138. The average molecular weight is 559 g/mol. The number of halogens is 1. The summed E-state index contributed by atoms with van der Waals surface area (Å²) in [6, 6.07) is 25.6. The van der Waals surface area contributed by atoms with Crippen LogP contribution in [-0.2, 0) is 4.79 Å². The van der Waals surface area contributed by atoms with E-state index in [-0.39, 0.29) is 11.7 Å². The smallest absolute Gasteiger partial charge is 0.234 e. The molecule has 7 heteroatoms. The van der Waals surface area contributed by atoms with Crippen LogP contribution in [0.5, 0.6) is 5.75 Å². The first-order valence-electron chi connectivity index (χ1n) is 11.2. The lowest BCUT2D eigenvalue weighted by Gasteiger charge is -2.13. The molecule has 0 saturated carbocycles. The van der Waals surface area contributed by atoms with Gasteiger partial charge >= 0.3 is 0 Å². The molecular formula is C29H24BrN3O2S. The van der Waals surface area contributed by atoms with Gasteiger partial charge in [0.15, 0.2) is 0 Å². The number of nitriles is 1. The lowest BCUT2D eigenvalue weighted by atomic mass is 9.99. The van der Waals surface area contributed by atoms with Crippen molar-refractivity contribution in [1.29, 1.82) is 5.26 Å². The molecule has 180 valence electrons. The second-order valence-electron chi connectivity index (χ2n) is 8.26. The highest BCUT2D eigenvalue weighted by atomic mass is 79.9. The van der Waals surface area contributed by atoms with Gasteiger partial charge in [0.05, 0.1) is 29.8 Å². The topological polar surface area (TPSA) is 75.0 Å². The van der Waals surface area contributed by atoms with Crippen molar-refractivity contribution in [3.63, 3.8) is 0 Å². The highest BCUT2D eigenvalue weighted by Gasteiger charge is 2.17. The SMILES string of the molecule is COc1ccc(-c2cc(-c3ccc(C)cc3)nc(SCC(=O)Nc3ccc(C)cc3Br)c2C#N)cc1. The van der Waals surface area contributed by atoms with Gasteiger partial charge in [0.2, 0.25) is 5.91 Å². The summed E-state index contributed by atoms with van der Waals surface area (Å²) in [5.41, 5.74) is 6.69. The zero-order chi connectivity index (χ0) is 25.7. The molecule has 0 bridgehead atoms. The molecule has 0 unspecified atom stereocenters. The Bertz CT molecular complexity index is 1450. The third kappa shape index (κ3) is 5.96. The molecule has 0 aliphatic carbocycles. The maximum absolute atomic E-state index is 12.8. The summed E-state index contributed by atoms with van der Waals surface area (Å²) in [5.74, 6) is 0.669. The molecule has 4 rings (SSSR count). The van der Waals surface area contributed by atoms with Gasteiger partial charge in [-0.1, -0.05) is 59.8 Å². The van der Waals surface area contributed by atoms with E-state index in [4.69, 9.17) is 9.72 Å². The Morgan fingerprint density at radius 1 is 1.00 bits per heavy atom. The molecule has 0 saturated heterocycles. The van der Waals surface area contributed by atoms with E-state index in [0.717, 1.165) is 43.7 Å². The number of methoxy groups -OCH3 is 1. The van der Waals surface area contributed by atoms with Crippen molar-refractivity contribution < 1.29 is 9.53 Å². The first kappa shape index (κ1) is 25.5. The average Bonchev–Trinajstić information content (AvgIpc) is 2.89. The van der Waals surface area contributed by atoms with E-state index in [1.54, 1.807) is 7.11 Å². The van der Waals surface area contributed by atoms with E-state index in [1.807, 2.05) is 86.6 Å². The fourth-order valence-corrected chi connectivity index (χ4v) is 5.04. The fourth-order valence-electron chi connectivity index (χ4n) is 3.65. The molecule has 0 radical (unpaired) electrons. The molecule has 1 heterocycles. The monoisotopic (exact) mass is 557 g/mol. The lowest BCUT2D eigenvalue weighted by molar-refractivity contribution is -0.113. The number of carbonyl (C=O) groups is 1. The van der Waals surface area contributed by atoms with Crippen LogP contribution in [0.4, 0.5) is 5.69 Å². The van der Waals surface area contributed by atoms with E-state index >= 15 is 0 Å². The molecular weight excluding hydrogens is 534 g/mol. The Balaban J connectivity index is 1.69. The van der Waals surface area contributed by atoms with Crippen molar-refractivity contribution in [3.05, 3.63) is 94.0 Å². The summed E-state index contributed by atoms with van der Waals surface area (Å²) in [4.78, 5) is 17.6. The van der Waals surface area contributed by atoms with E-state index < -0.39 is 0 Å². The quantitative estimate of drug-likeness (QED) is 0.239. The molecule has 0 aliphatic heterocycles. The summed E-state index contributed by atoms with van der Waals surface area (Å²) in [5, 5.41) is 13.5. The number of anilines is 1. The molecule has 5 nitrogen and oxygen atoms in total. The van der Waals surface area contributed by atoms with Gasteiger partial charge in [0.1, 0.15) is 16.8 Å². The van der Waals surface area contributed by atoms with Crippen molar-refractivity contribution in [3.8, 4) is 34.2 Å². The van der Waals surface area contributed by atoms with Crippen LogP contribution in [0.1, 0.15) is 16.7 Å². The minimum absolute atomic E-state index is 0.113. The van der Waals surface area contributed by atoms with Gasteiger partial charge in [-0.2, -0.15) is 5.26 Å². The van der Waals surface area contributed by atoms with Crippen LogP contribution in [0.25, 0.3) is 22.4 Å². The number of hydrogen-bond acceptors (Lipinski definition) is 5. The summed E-state index contributed by atoms with van der Waals surface area (Å²) < 4.78 is 6.11. The zero-order valence-corrected chi connectivity index (χ0v) is 22.5. The van der Waals surface area contributed by atoms with Crippen LogP contribution in [-0.4, -0.2) is 23.8 Å². The Labute approximate surface area is 223 Å². The predicted octanol–water partition coefficient (Wildman–Crippen LogP) is 7.41. The Kier molecular flexibility index (Phi) is 8.09. The summed E-state index contributed by atoms with van der Waals surface area (Å²) in [6.07, 6.45) is 0. The standard InChI is InChI=1S/C29H24BrN3O2S/c1-18-4-7-21(8-5-18)27-15-23(20-9-11-22(35-3)12-10-20)24(16-31)29(33-27)36-17-28(34)32-26-13-6-19(2)14-25(26)30/h4-15H,17H2,1-3H3,(H,32,34). The van der Waals surface area contributed by atoms with E-state index in [2.05, 4.69) is 27.3 Å². The molecule has 0 fully saturated rings. The van der Waals surface area contributed by atoms with Crippen LogP contribution in [0.3, 0.4) is 0 Å². The van der Waals surface area contributed by atoms with E-state index in [0.29, 0.717) is 16.3 Å². The van der Waals surface area contributed by atoms with Crippen LogP contribution < -0.4 is 10.1 Å². The van der Waals surface area contributed by atoms with E-state index in [9.17, 15) is 10.1 Å². The summed E-state index contributed by atoms with van der Waals surface area (Å²) >= 11 is 4.75. The molecule has 1 amide bonds. The van der Waals surface area contributed by atoms with Gasteiger partial charge in [-0.25, -0.2) is 4.98 Å². The number of amides is 1. The van der Waals surface area contributed by atoms with Crippen LogP contribution >= 0.6 is 27.7 Å². The maximum Gasteiger partial charge on any atom is 0.234 e. The molecule has 0 atom stereocenters. The lowest BCUT2D eigenvalue weighted by Crippen LogP contribution is -2.14. The molecule has 1 N–H and O–H groups in total. The highest BCUT2D eigenvalue weighted by Crippen LogP contribution is 2.35. The molecule has 0 aliphatic rings. The minimum atomic E-state index is -0.179. The summed E-state index contributed by atoms with van der Waals surface area (Å²) in [6.45, 7) is 4.02. The van der Waals surface area contributed by atoms with Crippen molar-refractivity contribution in [2.75, 3.05) is 18.2 Å². The highest BCUT2D eigenvalue weighted by molar-refractivity contribution is 9.10. The normalized spacial score (nSPS) is 10.5. The number of benzene rings is 3. The maximum atomic E-state index is 12.8. The Hall–Kier alpha value is -3.60. The number of nitrogens with zero attached hydrogens (tertiary/aromatic N) is 2. The van der Waals surface area contributed by atoms with Gasteiger partial charge in [-0.3, -0.25) is 4.79 Å². The number of carbonyl (C=O) groups excluding carboxylic acids is 1. The number of thioether (sulfide) groups is 1. The van der Waals surface area contributed by atoms with Crippen molar-refractivity contribution in [2.45, 2.75) is 18.9 Å². The first-order valence-corrected chi connectivity index (χ1v) is 13.0. The van der Waals surface area contributed by atoms with Crippen molar-refractivity contribution in [1.82, 2.24) is 4.98 Å². The van der Waals surface area contributed by atoms with E-state index in [1.165, 1.54) is 11.8 Å². The molecule has 0 spiro atoms. The zero-order valence-electron chi connectivity index (χ0n) is 20.1. The molecule has 36 heavy (non-hydrogen) atoms. The number of pyridine rings is 1. The second-order valence-corrected chi connectivity index (χ2v) is 10.1. The number of ether oxygens (including phenoxy) is 1. The van der Waals surface area contributed by atoms with Gasteiger partial charge in [0, 0.05) is 15.6 Å².